The SMILES string of the molecule is c1ccc(-c2ccc(-c3nc(-c4ccccc4)nc(-c4c(-n5c6ccccc6c6ccccc65)ccc5c4sc4ccccc45)n3)cc2)cc1. The van der Waals surface area contributed by atoms with Gasteiger partial charge in [0.1, 0.15) is 0 Å². The Morgan fingerprint density at radius 3 is 1.50 bits per heavy atom. The van der Waals surface area contributed by atoms with Crippen LogP contribution in [0.3, 0.4) is 0 Å². The van der Waals surface area contributed by atoms with Crippen molar-refractivity contribution in [3.8, 4) is 51.0 Å². The van der Waals surface area contributed by atoms with E-state index in [4.69, 9.17) is 15.0 Å². The molecule has 3 aromatic heterocycles. The van der Waals surface area contributed by atoms with Crippen molar-refractivity contribution < 1.29 is 0 Å². The molecule has 0 radical (unpaired) electrons. The van der Waals surface area contributed by atoms with Crippen LogP contribution in [0.5, 0.6) is 0 Å². The second kappa shape index (κ2) is 11.6. The molecule has 7 aromatic carbocycles. The van der Waals surface area contributed by atoms with Gasteiger partial charge in [0.15, 0.2) is 17.5 Å². The first-order valence-corrected chi connectivity index (χ1v) is 17.5. The molecule has 0 saturated heterocycles. The van der Waals surface area contributed by atoms with Gasteiger partial charge in [0.25, 0.3) is 0 Å². The molecule has 0 aliphatic rings. The monoisotopic (exact) mass is 656 g/mol. The molecule has 50 heavy (non-hydrogen) atoms. The van der Waals surface area contributed by atoms with Crippen molar-refractivity contribution in [3.63, 3.8) is 0 Å². The number of thiophene rings is 1. The average Bonchev–Trinajstić information content (AvgIpc) is 3.74. The van der Waals surface area contributed by atoms with Crippen molar-refractivity contribution >= 4 is 53.3 Å². The molecule has 0 aliphatic carbocycles. The highest BCUT2D eigenvalue weighted by Crippen LogP contribution is 2.44. The zero-order valence-electron chi connectivity index (χ0n) is 26.9. The van der Waals surface area contributed by atoms with Gasteiger partial charge in [-0.25, -0.2) is 15.0 Å². The van der Waals surface area contributed by atoms with E-state index in [0.717, 1.165) is 43.7 Å². The number of hydrogen-bond acceptors (Lipinski definition) is 4. The van der Waals surface area contributed by atoms with Gasteiger partial charge < -0.3 is 4.57 Å². The smallest absolute Gasteiger partial charge is 0.167 e. The maximum Gasteiger partial charge on any atom is 0.167 e. The van der Waals surface area contributed by atoms with E-state index in [0.29, 0.717) is 17.5 Å². The van der Waals surface area contributed by atoms with Gasteiger partial charge in [-0.05, 0) is 35.4 Å². The van der Waals surface area contributed by atoms with Gasteiger partial charge in [0.2, 0.25) is 0 Å². The van der Waals surface area contributed by atoms with Crippen LogP contribution in [0.25, 0.3) is 93.0 Å². The van der Waals surface area contributed by atoms with E-state index in [1.807, 2.05) is 24.3 Å². The summed E-state index contributed by atoms with van der Waals surface area (Å²) in [7, 11) is 0. The van der Waals surface area contributed by atoms with Crippen molar-refractivity contribution in [2.45, 2.75) is 0 Å². The molecule has 10 rings (SSSR count). The Morgan fingerprint density at radius 1 is 0.360 bits per heavy atom. The largest absolute Gasteiger partial charge is 0.308 e. The fraction of sp³-hybridized carbons (Fsp3) is 0. The number of aromatic nitrogens is 4. The van der Waals surface area contributed by atoms with E-state index in [1.54, 1.807) is 11.3 Å². The number of rotatable bonds is 5. The molecule has 0 fully saturated rings. The minimum absolute atomic E-state index is 0.639. The van der Waals surface area contributed by atoms with Crippen LogP contribution in [0.1, 0.15) is 0 Å². The minimum atomic E-state index is 0.639. The summed E-state index contributed by atoms with van der Waals surface area (Å²) in [5, 5.41) is 4.85. The van der Waals surface area contributed by atoms with Crippen LogP contribution < -0.4 is 0 Å². The summed E-state index contributed by atoms with van der Waals surface area (Å²) < 4.78 is 4.77. The average molecular weight is 657 g/mol. The lowest BCUT2D eigenvalue weighted by Crippen LogP contribution is -2.04. The standard InChI is InChI=1S/C45H28N4S/c1-3-13-29(14-4-1)30-23-25-32(26-24-30)44-46-43(31-15-5-2-6-16-31)47-45(48-44)41-39(28-27-36-35-19-9-12-22-40(35)50-42(36)41)49-37-20-10-7-17-33(37)34-18-8-11-21-38(34)49/h1-28H. The van der Waals surface area contributed by atoms with Crippen LogP contribution in [0.2, 0.25) is 0 Å². The van der Waals surface area contributed by atoms with Crippen LogP contribution in [0, 0.1) is 0 Å². The third-order valence-electron chi connectivity index (χ3n) is 9.49. The summed E-state index contributed by atoms with van der Waals surface area (Å²) in [4.78, 5) is 15.7. The normalized spacial score (nSPS) is 11.6. The Bertz CT molecular complexity index is 2800. The van der Waals surface area contributed by atoms with Gasteiger partial charge in [0.05, 0.1) is 22.3 Å². The van der Waals surface area contributed by atoms with Crippen molar-refractivity contribution in [1.82, 2.24) is 19.5 Å². The number of para-hydroxylation sites is 2. The molecule has 0 bridgehead atoms. The Hall–Kier alpha value is -6.43. The summed E-state index contributed by atoms with van der Waals surface area (Å²) in [6.45, 7) is 0. The molecule has 234 valence electrons. The van der Waals surface area contributed by atoms with E-state index < -0.39 is 0 Å². The molecule has 0 aliphatic heterocycles. The predicted octanol–water partition coefficient (Wildman–Crippen LogP) is 12.0. The van der Waals surface area contributed by atoms with Gasteiger partial charge in [-0.15, -0.1) is 11.3 Å². The fourth-order valence-corrected chi connectivity index (χ4v) is 8.38. The number of benzene rings is 7. The lowest BCUT2D eigenvalue weighted by molar-refractivity contribution is 1.07. The first-order valence-electron chi connectivity index (χ1n) is 16.7. The van der Waals surface area contributed by atoms with Crippen molar-refractivity contribution in [3.05, 3.63) is 170 Å². The van der Waals surface area contributed by atoms with E-state index >= 15 is 0 Å². The molecule has 3 heterocycles. The first-order chi connectivity index (χ1) is 24.8. The molecule has 0 unspecified atom stereocenters. The zero-order chi connectivity index (χ0) is 33.0. The molecular formula is C45H28N4S. The molecular weight excluding hydrogens is 629 g/mol. The van der Waals surface area contributed by atoms with Crippen LogP contribution in [0.4, 0.5) is 0 Å². The summed E-state index contributed by atoms with van der Waals surface area (Å²) in [6, 6.07) is 59.6. The molecule has 5 heteroatoms. The quantitative estimate of drug-likeness (QED) is 0.185. The molecule has 0 saturated carbocycles. The number of hydrogen-bond donors (Lipinski definition) is 0. The van der Waals surface area contributed by atoms with Gasteiger partial charge in [0, 0.05) is 42.1 Å². The van der Waals surface area contributed by atoms with Crippen molar-refractivity contribution in [1.29, 1.82) is 0 Å². The van der Waals surface area contributed by atoms with Crippen LogP contribution in [-0.4, -0.2) is 19.5 Å². The van der Waals surface area contributed by atoms with Crippen molar-refractivity contribution in [2.75, 3.05) is 0 Å². The Labute approximate surface area is 292 Å². The fourth-order valence-electron chi connectivity index (χ4n) is 7.14. The van der Waals surface area contributed by atoms with Gasteiger partial charge in [-0.2, -0.15) is 0 Å². The summed E-state index contributed by atoms with van der Waals surface area (Å²) in [5.41, 5.74) is 8.53. The Kier molecular flexibility index (Phi) is 6.64. The number of fused-ring (bicyclic) bond motifs is 6. The second-order valence-corrected chi connectivity index (χ2v) is 13.5. The molecule has 0 spiro atoms. The molecule has 0 atom stereocenters. The highest BCUT2D eigenvalue weighted by molar-refractivity contribution is 7.26. The van der Waals surface area contributed by atoms with Crippen LogP contribution in [-0.2, 0) is 0 Å². The Balaban J connectivity index is 1.28. The second-order valence-electron chi connectivity index (χ2n) is 12.4. The topological polar surface area (TPSA) is 43.6 Å². The van der Waals surface area contributed by atoms with Gasteiger partial charge in [-0.3, -0.25) is 0 Å². The van der Waals surface area contributed by atoms with Crippen LogP contribution in [0.15, 0.2) is 170 Å². The predicted molar refractivity (Wildman–Crippen MR) is 209 cm³/mol. The van der Waals surface area contributed by atoms with E-state index in [-0.39, 0.29) is 0 Å². The lowest BCUT2D eigenvalue weighted by atomic mass is 10.0. The lowest BCUT2D eigenvalue weighted by Gasteiger charge is -2.16. The van der Waals surface area contributed by atoms with Crippen molar-refractivity contribution in [2.24, 2.45) is 0 Å². The summed E-state index contributed by atoms with van der Waals surface area (Å²) in [5.74, 6) is 1.93. The molecule has 4 nitrogen and oxygen atoms in total. The molecule has 0 N–H and O–H groups in total. The highest BCUT2D eigenvalue weighted by Gasteiger charge is 2.23. The summed E-state index contributed by atoms with van der Waals surface area (Å²) in [6.07, 6.45) is 0. The number of nitrogens with zero attached hydrogens (tertiary/aromatic N) is 4. The van der Waals surface area contributed by atoms with Gasteiger partial charge >= 0.3 is 0 Å². The van der Waals surface area contributed by atoms with E-state index in [9.17, 15) is 0 Å². The first kappa shape index (κ1) is 28.6. The maximum atomic E-state index is 5.32. The molecule has 0 amide bonds. The highest BCUT2D eigenvalue weighted by atomic mass is 32.1. The van der Waals surface area contributed by atoms with E-state index in [2.05, 4.69) is 150 Å². The molecule has 10 aromatic rings. The zero-order valence-corrected chi connectivity index (χ0v) is 27.7. The summed E-state index contributed by atoms with van der Waals surface area (Å²) >= 11 is 1.79. The third kappa shape index (κ3) is 4.63. The van der Waals surface area contributed by atoms with E-state index in [1.165, 1.54) is 31.8 Å². The Morgan fingerprint density at radius 2 is 0.840 bits per heavy atom. The van der Waals surface area contributed by atoms with Gasteiger partial charge in [-0.1, -0.05) is 146 Å². The maximum absolute atomic E-state index is 5.32. The third-order valence-corrected chi connectivity index (χ3v) is 10.7. The van der Waals surface area contributed by atoms with Crippen LogP contribution >= 0.6 is 11.3 Å². The minimum Gasteiger partial charge on any atom is -0.308 e.